The molecule has 0 radical (unpaired) electrons. The molecule has 0 amide bonds. The van der Waals surface area contributed by atoms with Gasteiger partial charge in [0.05, 0.1) is 0 Å². The Bertz CT molecular complexity index is 527. The van der Waals surface area contributed by atoms with E-state index in [1.807, 2.05) is 0 Å². The molecule has 0 aromatic carbocycles. The van der Waals surface area contributed by atoms with Crippen LogP contribution in [0.1, 0.15) is 33.1 Å². The van der Waals surface area contributed by atoms with Gasteiger partial charge in [0, 0.05) is 12.2 Å². The topological polar surface area (TPSA) is 85.1 Å². The maximum Gasteiger partial charge on any atom is 0.242 e. The Labute approximate surface area is 114 Å². The highest BCUT2D eigenvalue weighted by atomic mass is 32.2. The number of nitrogens with zero attached hydrogens (tertiary/aromatic N) is 1. The lowest BCUT2D eigenvalue weighted by Crippen LogP contribution is -2.42. The van der Waals surface area contributed by atoms with Gasteiger partial charge in [0.2, 0.25) is 10.0 Å². The molecule has 106 valence electrons. The van der Waals surface area contributed by atoms with E-state index in [2.05, 4.69) is 23.6 Å². The maximum absolute atomic E-state index is 12.2. The molecule has 0 bridgehead atoms. The Morgan fingerprint density at radius 2 is 2.05 bits per heavy atom. The Morgan fingerprint density at radius 3 is 2.63 bits per heavy atom. The van der Waals surface area contributed by atoms with E-state index in [9.17, 15) is 8.42 Å². The minimum absolute atomic E-state index is 0.0127. The molecule has 1 fully saturated rings. The van der Waals surface area contributed by atoms with Crippen LogP contribution in [0.5, 0.6) is 0 Å². The monoisotopic (exact) mass is 283 g/mol. The second kappa shape index (κ2) is 5.46. The van der Waals surface area contributed by atoms with Gasteiger partial charge in [-0.25, -0.2) is 18.1 Å². The zero-order valence-electron chi connectivity index (χ0n) is 11.3. The van der Waals surface area contributed by atoms with Crippen molar-refractivity contribution in [2.45, 2.75) is 44.0 Å². The Balaban J connectivity index is 2.11. The summed E-state index contributed by atoms with van der Waals surface area (Å²) in [7, 11) is -3.50. The first-order chi connectivity index (χ1) is 8.88. The quantitative estimate of drug-likeness (QED) is 0.885. The maximum atomic E-state index is 12.2. The van der Waals surface area contributed by atoms with E-state index in [1.54, 1.807) is 0 Å². The molecule has 6 heteroatoms. The molecule has 3 N–H and O–H groups in total. The van der Waals surface area contributed by atoms with Crippen molar-refractivity contribution in [1.29, 1.82) is 0 Å². The fourth-order valence-corrected chi connectivity index (χ4v) is 3.98. The van der Waals surface area contributed by atoms with Crippen LogP contribution in [0.4, 0.5) is 5.82 Å². The predicted octanol–water partition coefficient (Wildman–Crippen LogP) is 1.77. The number of anilines is 1. The predicted molar refractivity (Wildman–Crippen MR) is 74.9 cm³/mol. The third-order valence-electron chi connectivity index (χ3n) is 3.81. The summed E-state index contributed by atoms with van der Waals surface area (Å²) in [6.45, 7) is 4.31. The van der Waals surface area contributed by atoms with Crippen molar-refractivity contribution in [2.75, 3.05) is 5.73 Å². The Morgan fingerprint density at radius 1 is 1.32 bits per heavy atom. The summed E-state index contributed by atoms with van der Waals surface area (Å²) in [5, 5.41) is 0. The summed E-state index contributed by atoms with van der Waals surface area (Å²) in [6.07, 6.45) is 4.32. The lowest BCUT2D eigenvalue weighted by Gasteiger charge is -2.32. The average Bonchev–Trinajstić information content (AvgIpc) is 2.33. The van der Waals surface area contributed by atoms with Crippen LogP contribution in [-0.2, 0) is 10.0 Å². The summed E-state index contributed by atoms with van der Waals surface area (Å²) in [4.78, 5) is 4.00. The summed E-state index contributed by atoms with van der Waals surface area (Å²) in [5.41, 5.74) is 5.47. The fourth-order valence-electron chi connectivity index (χ4n) is 2.66. The molecule has 3 unspecified atom stereocenters. The third kappa shape index (κ3) is 3.45. The van der Waals surface area contributed by atoms with Crippen molar-refractivity contribution in [1.82, 2.24) is 9.71 Å². The number of hydrogen-bond donors (Lipinski definition) is 2. The largest absolute Gasteiger partial charge is 0.384 e. The molecular formula is C13H21N3O2S. The summed E-state index contributed by atoms with van der Waals surface area (Å²) >= 11 is 0. The Hall–Kier alpha value is -1.14. The molecule has 1 aromatic rings. The number of aromatic nitrogens is 1. The zero-order chi connectivity index (χ0) is 14.0. The van der Waals surface area contributed by atoms with E-state index in [0.717, 1.165) is 19.3 Å². The van der Waals surface area contributed by atoms with E-state index >= 15 is 0 Å². The van der Waals surface area contributed by atoms with Gasteiger partial charge in [0.25, 0.3) is 0 Å². The van der Waals surface area contributed by atoms with E-state index in [4.69, 9.17) is 5.73 Å². The van der Waals surface area contributed by atoms with E-state index in [1.165, 1.54) is 18.3 Å². The van der Waals surface area contributed by atoms with Crippen LogP contribution in [0.15, 0.2) is 23.2 Å². The van der Waals surface area contributed by atoms with Crippen molar-refractivity contribution >= 4 is 15.8 Å². The molecule has 0 spiro atoms. The molecule has 1 aromatic heterocycles. The molecule has 3 atom stereocenters. The molecule has 0 saturated heterocycles. The highest BCUT2D eigenvalue weighted by Crippen LogP contribution is 2.29. The van der Waals surface area contributed by atoms with Crippen molar-refractivity contribution < 1.29 is 8.42 Å². The number of nitrogens with one attached hydrogen (secondary N) is 1. The smallest absolute Gasteiger partial charge is 0.242 e. The zero-order valence-corrected chi connectivity index (χ0v) is 12.2. The van der Waals surface area contributed by atoms with E-state index in [-0.39, 0.29) is 10.9 Å². The first kappa shape index (κ1) is 14.3. The highest BCUT2D eigenvalue weighted by Gasteiger charge is 2.29. The molecule has 1 aliphatic rings. The van der Waals surface area contributed by atoms with Crippen molar-refractivity contribution in [3.8, 4) is 0 Å². The third-order valence-corrected chi connectivity index (χ3v) is 5.28. The number of nitrogens with two attached hydrogens (primary N) is 1. The van der Waals surface area contributed by atoms with Crippen molar-refractivity contribution in [3.63, 3.8) is 0 Å². The standard InChI is InChI=1S/C13H21N3O2S/c1-9-3-5-12(10(2)7-9)16-19(17,18)11-4-6-13(14)15-8-11/h4,6,8-10,12,16H,3,5,7H2,1-2H3,(H2,14,15). The second-order valence-electron chi connectivity index (χ2n) is 5.54. The first-order valence-corrected chi connectivity index (χ1v) is 8.10. The molecule has 2 rings (SSSR count). The minimum atomic E-state index is -3.50. The van der Waals surface area contributed by atoms with Gasteiger partial charge in [-0.2, -0.15) is 0 Å². The van der Waals surface area contributed by atoms with Gasteiger partial charge in [0.15, 0.2) is 0 Å². The molecule has 1 heterocycles. The molecule has 0 aliphatic heterocycles. The Kier molecular flexibility index (Phi) is 4.10. The number of nitrogen functional groups attached to an aromatic ring is 1. The van der Waals surface area contributed by atoms with Crippen LogP contribution in [0.3, 0.4) is 0 Å². The fraction of sp³-hybridized carbons (Fsp3) is 0.615. The summed E-state index contributed by atoms with van der Waals surface area (Å²) in [6, 6.07) is 3.00. The number of pyridine rings is 1. The molecule has 1 aliphatic carbocycles. The molecule has 1 saturated carbocycles. The van der Waals surface area contributed by atoms with E-state index in [0.29, 0.717) is 17.7 Å². The number of sulfonamides is 1. The van der Waals surface area contributed by atoms with Gasteiger partial charge in [-0.1, -0.05) is 13.8 Å². The summed E-state index contributed by atoms with van der Waals surface area (Å²) in [5.74, 6) is 1.35. The average molecular weight is 283 g/mol. The van der Waals surface area contributed by atoms with E-state index < -0.39 is 10.0 Å². The van der Waals surface area contributed by atoms with Gasteiger partial charge in [0.1, 0.15) is 10.7 Å². The van der Waals surface area contributed by atoms with Crippen LogP contribution in [0.25, 0.3) is 0 Å². The molecule has 19 heavy (non-hydrogen) atoms. The minimum Gasteiger partial charge on any atom is -0.384 e. The van der Waals surface area contributed by atoms with Crippen LogP contribution < -0.4 is 10.5 Å². The van der Waals surface area contributed by atoms with Gasteiger partial charge < -0.3 is 5.73 Å². The SMILES string of the molecule is CC1CCC(NS(=O)(=O)c2ccc(N)nc2)C(C)C1. The van der Waals surface area contributed by atoms with Gasteiger partial charge >= 0.3 is 0 Å². The highest BCUT2D eigenvalue weighted by molar-refractivity contribution is 7.89. The molecular weight excluding hydrogens is 262 g/mol. The van der Waals surface area contributed by atoms with Crippen molar-refractivity contribution in [3.05, 3.63) is 18.3 Å². The van der Waals surface area contributed by atoms with Crippen LogP contribution >= 0.6 is 0 Å². The van der Waals surface area contributed by atoms with Crippen molar-refractivity contribution in [2.24, 2.45) is 11.8 Å². The van der Waals surface area contributed by atoms with Gasteiger partial charge in [-0.15, -0.1) is 0 Å². The number of rotatable bonds is 3. The van der Waals surface area contributed by atoms with Crippen LogP contribution in [-0.4, -0.2) is 19.4 Å². The normalized spacial score (nSPS) is 28.2. The van der Waals surface area contributed by atoms with Crippen LogP contribution in [0.2, 0.25) is 0 Å². The van der Waals surface area contributed by atoms with Crippen LogP contribution in [0, 0.1) is 11.8 Å². The molecule has 5 nitrogen and oxygen atoms in total. The lowest BCUT2D eigenvalue weighted by atomic mass is 9.80. The second-order valence-corrected chi connectivity index (χ2v) is 7.26. The van der Waals surface area contributed by atoms with Gasteiger partial charge in [-0.3, -0.25) is 0 Å². The number of hydrogen-bond acceptors (Lipinski definition) is 4. The van der Waals surface area contributed by atoms with Gasteiger partial charge in [-0.05, 0) is 43.2 Å². The summed E-state index contributed by atoms with van der Waals surface area (Å²) < 4.78 is 27.3. The lowest BCUT2D eigenvalue weighted by molar-refractivity contribution is 0.249. The first-order valence-electron chi connectivity index (χ1n) is 6.62.